The van der Waals surface area contributed by atoms with Crippen LogP contribution in [0.15, 0.2) is 29.3 Å². The molecule has 0 bridgehead atoms. The molecule has 0 fully saturated rings. The summed E-state index contributed by atoms with van der Waals surface area (Å²) in [5, 5.41) is 4.03. The number of hydrogen-bond donors (Lipinski definition) is 1. The number of aliphatic imine (C=N–C) groups is 1. The van der Waals surface area contributed by atoms with E-state index in [-0.39, 0.29) is 11.2 Å². The van der Waals surface area contributed by atoms with Gasteiger partial charge in [-0.15, -0.1) is 0 Å². The van der Waals surface area contributed by atoms with Crippen LogP contribution in [0.1, 0.15) is 13.8 Å². The minimum absolute atomic E-state index is 0.153. The van der Waals surface area contributed by atoms with Crippen molar-refractivity contribution in [2.45, 2.75) is 20.5 Å². The zero-order valence-electron chi connectivity index (χ0n) is 10.8. The third-order valence-electron chi connectivity index (χ3n) is 2.58. The van der Waals surface area contributed by atoms with Gasteiger partial charge in [0, 0.05) is 18.0 Å². The molecule has 2 rings (SSSR count). The second-order valence-electron chi connectivity index (χ2n) is 5.10. The Morgan fingerprint density at radius 3 is 2.53 bits per heavy atom. The van der Waals surface area contributed by atoms with E-state index in [0.29, 0.717) is 0 Å². The first kappa shape index (κ1) is 14.1. The van der Waals surface area contributed by atoms with Gasteiger partial charge in [0.1, 0.15) is 5.75 Å². The number of rotatable bonds is 3. The van der Waals surface area contributed by atoms with Gasteiger partial charge in [-0.05, 0) is 29.7 Å². The van der Waals surface area contributed by atoms with E-state index in [9.17, 15) is 8.78 Å². The van der Waals surface area contributed by atoms with Crippen molar-refractivity contribution in [3.63, 3.8) is 0 Å². The van der Waals surface area contributed by atoms with Crippen LogP contribution in [0.2, 0.25) is 0 Å². The second-order valence-corrected chi connectivity index (χ2v) is 6.07. The summed E-state index contributed by atoms with van der Waals surface area (Å²) in [7, 11) is 0. The molecule has 104 valence electrons. The van der Waals surface area contributed by atoms with Crippen molar-refractivity contribution in [2.75, 3.05) is 17.6 Å². The van der Waals surface area contributed by atoms with E-state index in [1.54, 1.807) is 23.9 Å². The maximum absolute atomic E-state index is 12.0. The van der Waals surface area contributed by atoms with Crippen molar-refractivity contribution in [3.05, 3.63) is 24.3 Å². The van der Waals surface area contributed by atoms with Gasteiger partial charge < -0.3 is 10.1 Å². The average Bonchev–Trinajstić information content (AvgIpc) is 2.34. The Labute approximate surface area is 115 Å². The monoisotopic (exact) mass is 286 g/mol. The van der Waals surface area contributed by atoms with E-state index < -0.39 is 6.61 Å². The predicted molar refractivity (Wildman–Crippen MR) is 75.2 cm³/mol. The minimum atomic E-state index is -2.79. The van der Waals surface area contributed by atoms with Gasteiger partial charge in [0.05, 0.1) is 0 Å². The molecular formula is C13H16F2N2OS. The lowest BCUT2D eigenvalue weighted by atomic mass is 9.97. The van der Waals surface area contributed by atoms with Gasteiger partial charge in [0.15, 0.2) is 5.17 Å². The summed E-state index contributed by atoms with van der Waals surface area (Å²) in [6, 6.07) is 6.40. The standard InChI is InChI=1S/C13H16F2N2OS/c1-13(2)7-16-12(19-8-13)17-9-3-5-10(6-4-9)18-11(14)15/h3-6,11H,7-8H2,1-2H3,(H,16,17). The molecule has 0 aromatic heterocycles. The summed E-state index contributed by atoms with van der Waals surface area (Å²) < 4.78 is 28.3. The van der Waals surface area contributed by atoms with Crippen molar-refractivity contribution in [1.29, 1.82) is 0 Å². The lowest BCUT2D eigenvalue weighted by Crippen LogP contribution is -2.27. The molecule has 0 saturated carbocycles. The van der Waals surface area contributed by atoms with Crippen molar-refractivity contribution in [2.24, 2.45) is 10.4 Å². The van der Waals surface area contributed by atoms with E-state index in [4.69, 9.17) is 0 Å². The van der Waals surface area contributed by atoms with Crippen LogP contribution in [0, 0.1) is 5.41 Å². The normalized spacial score (nSPS) is 18.1. The number of benzene rings is 1. The van der Waals surface area contributed by atoms with Gasteiger partial charge in [0.2, 0.25) is 0 Å². The zero-order valence-corrected chi connectivity index (χ0v) is 11.6. The third kappa shape index (κ3) is 4.38. The molecule has 1 aliphatic heterocycles. The fraction of sp³-hybridized carbons (Fsp3) is 0.462. The number of amidine groups is 1. The summed E-state index contributed by atoms with van der Waals surface area (Å²) in [5.41, 5.74) is 1.04. The molecule has 1 aliphatic rings. The van der Waals surface area contributed by atoms with Crippen LogP contribution in [0.3, 0.4) is 0 Å². The number of nitrogens with zero attached hydrogens (tertiary/aromatic N) is 1. The fourth-order valence-electron chi connectivity index (χ4n) is 1.56. The van der Waals surface area contributed by atoms with Crippen molar-refractivity contribution >= 4 is 22.6 Å². The number of nitrogens with one attached hydrogen (secondary N) is 1. The maximum atomic E-state index is 12.0. The van der Waals surface area contributed by atoms with Gasteiger partial charge in [-0.1, -0.05) is 25.6 Å². The number of thioether (sulfide) groups is 1. The van der Waals surface area contributed by atoms with Gasteiger partial charge in [-0.3, -0.25) is 4.99 Å². The molecule has 19 heavy (non-hydrogen) atoms. The molecule has 1 aromatic carbocycles. The van der Waals surface area contributed by atoms with Crippen LogP contribution in [-0.4, -0.2) is 24.1 Å². The second kappa shape index (κ2) is 5.77. The lowest BCUT2D eigenvalue weighted by Gasteiger charge is -2.27. The Morgan fingerprint density at radius 2 is 2.00 bits per heavy atom. The van der Waals surface area contributed by atoms with E-state index in [1.165, 1.54) is 12.1 Å². The van der Waals surface area contributed by atoms with Gasteiger partial charge in [-0.25, -0.2) is 0 Å². The highest BCUT2D eigenvalue weighted by molar-refractivity contribution is 8.14. The van der Waals surface area contributed by atoms with E-state index in [1.807, 2.05) is 0 Å². The van der Waals surface area contributed by atoms with Gasteiger partial charge >= 0.3 is 6.61 Å². The van der Waals surface area contributed by atoms with Gasteiger partial charge in [-0.2, -0.15) is 8.78 Å². The summed E-state index contributed by atoms with van der Waals surface area (Å²) in [6.07, 6.45) is 0. The number of ether oxygens (including phenoxy) is 1. The molecule has 6 heteroatoms. The molecular weight excluding hydrogens is 270 g/mol. The molecule has 0 amide bonds. The molecule has 3 nitrogen and oxygen atoms in total. The van der Waals surface area contributed by atoms with Crippen LogP contribution in [-0.2, 0) is 0 Å². The molecule has 1 aromatic rings. The highest BCUT2D eigenvalue weighted by Crippen LogP contribution is 2.28. The maximum Gasteiger partial charge on any atom is 0.387 e. The van der Waals surface area contributed by atoms with E-state index >= 15 is 0 Å². The summed E-state index contributed by atoms with van der Waals surface area (Å²) in [5.74, 6) is 1.16. The number of halogens is 2. The molecule has 1 N–H and O–H groups in total. The lowest BCUT2D eigenvalue weighted by molar-refractivity contribution is -0.0498. The largest absolute Gasteiger partial charge is 0.435 e. The Kier molecular flexibility index (Phi) is 4.29. The Bertz CT molecular complexity index is 460. The fourth-order valence-corrected chi connectivity index (χ4v) is 2.52. The van der Waals surface area contributed by atoms with Crippen LogP contribution >= 0.6 is 11.8 Å². The zero-order chi connectivity index (χ0) is 13.9. The highest BCUT2D eigenvalue weighted by atomic mass is 32.2. The summed E-state index contributed by atoms with van der Waals surface area (Å²) in [4.78, 5) is 4.47. The van der Waals surface area contributed by atoms with E-state index in [0.717, 1.165) is 23.2 Å². The van der Waals surface area contributed by atoms with Crippen LogP contribution in [0.25, 0.3) is 0 Å². The minimum Gasteiger partial charge on any atom is -0.435 e. The highest BCUT2D eigenvalue weighted by Gasteiger charge is 2.23. The first-order chi connectivity index (χ1) is 8.94. The van der Waals surface area contributed by atoms with Crippen LogP contribution < -0.4 is 10.1 Å². The number of alkyl halides is 2. The number of hydrogen-bond acceptors (Lipinski definition) is 4. The van der Waals surface area contributed by atoms with Crippen LogP contribution in [0.4, 0.5) is 14.5 Å². The first-order valence-corrected chi connectivity index (χ1v) is 6.92. The predicted octanol–water partition coefficient (Wildman–Crippen LogP) is 3.83. The SMILES string of the molecule is CC1(C)CN=C(Nc2ccc(OC(F)F)cc2)SC1. The molecule has 0 unspecified atom stereocenters. The first-order valence-electron chi connectivity index (χ1n) is 5.94. The molecule has 0 spiro atoms. The smallest absolute Gasteiger partial charge is 0.387 e. The van der Waals surface area contributed by atoms with Crippen molar-refractivity contribution in [1.82, 2.24) is 0 Å². The van der Waals surface area contributed by atoms with Crippen molar-refractivity contribution < 1.29 is 13.5 Å². The Hall–Kier alpha value is -1.30. The Morgan fingerprint density at radius 1 is 1.32 bits per heavy atom. The molecule has 0 atom stereocenters. The van der Waals surface area contributed by atoms with Crippen molar-refractivity contribution in [3.8, 4) is 5.75 Å². The summed E-state index contributed by atoms with van der Waals surface area (Å²) in [6.45, 7) is 2.35. The Balaban J connectivity index is 1.95. The molecule has 1 heterocycles. The summed E-state index contributed by atoms with van der Waals surface area (Å²) >= 11 is 1.67. The molecule has 0 aliphatic carbocycles. The average molecular weight is 286 g/mol. The quantitative estimate of drug-likeness (QED) is 0.917. The number of anilines is 1. The topological polar surface area (TPSA) is 33.6 Å². The molecule has 0 radical (unpaired) electrons. The molecule has 0 saturated heterocycles. The van der Waals surface area contributed by atoms with Gasteiger partial charge in [0.25, 0.3) is 0 Å². The third-order valence-corrected chi connectivity index (χ3v) is 4.01. The van der Waals surface area contributed by atoms with E-state index in [2.05, 4.69) is 28.9 Å². The van der Waals surface area contributed by atoms with Crippen LogP contribution in [0.5, 0.6) is 5.75 Å².